The molecule has 0 atom stereocenters. The third-order valence-corrected chi connectivity index (χ3v) is 5.53. The molecule has 4 rings (SSSR count). The first-order chi connectivity index (χ1) is 13.5. The molecule has 0 aliphatic rings. The number of hydrogen-bond acceptors (Lipinski definition) is 5. The fourth-order valence-corrected chi connectivity index (χ4v) is 4.19. The van der Waals surface area contributed by atoms with Crippen molar-refractivity contribution in [3.8, 4) is 0 Å². The highest BCUT2D eigenvalue weighted by atomic mass is 32.1. The van der Waals surface area contributed by atoms with Crippen LogP contribution in [0.15, 0.2) is 48.8 Å². The SMILES string of the molecule is CCn1nc(C)cc1C(=O)N(Cc1cccnc1)c1nc2ccc(C)cc2s1. The second kappa shape index (κ2) is 7.52. The quantitative estimate of drug-likeness (QED) is 0.507. The maximum atomic E-state index is 13.5. The Hall–Kier alpha value is -3.06. The summed E-state index contributed by atoms with van der Waals surface area (Å²) in [6, 6.07) is 11.8. The van der Waals surface area contributed by atoms with Crippen LogP contribution in [-0.2, 0) is 13.1 Å². The van der Waals surface area contributed by atoms with Gasteiger partial charge in [0.1, 0.15) is 5.69 Å². The smallest absolute Gasteiger partial charge is 0.278 e. The highest BCUT2D eigenvalue weighted by Gasteiger charge is 2.25. The Bertz CT molecular complexity index is 1130. The molecule has 0 saturated carbocycles. The van der Waals surface area contributed by atoms with Gasteiger partial charge in [-0.25, -0.2) is 4.98 Å². The molecule has 0 aliphatic carbocycles. The van der Waals surface area contributed by atoms with Crippen LogP contribution >= 0.6 is 11.3 Å². The maximum absolute atomic E-state index is 13.5. The molecule has 0 aliphatic heterocycles. The Kier molecular flexibility index (Phi) is 4.92. The molecule has 0 bridgehead atoms. The van der Waals surface area contributed by atoms with Crippen molar-refractivity contribution >= 4 is 32.6 Å². The Morgan fingerprint density at radius 2 is 2.07 bits per heavy atom. The zero-order valence-corrected chi connectivity index (χ0v) is 16.9. The van der Waals surface area contributed by atoms with E-state index in [0.29, 0.717) is 23.9 Å². The van der Waals surface area contributed by atoms with E-state index < -0.39 is 0 Å². The maximum Gasteiger partial charge on any atom is 0.278 e. The van der Waals surface area contributed by atoms with Crippen LogP contribution in [0.25, 0.3) is 10.2 Å². The molecule has 0 saturated heterocycles. The van der Waals surface area contributed by atoms with E-state index in [9.17, 15) is 4.79 Å². The lowest BCUT2D eigenvalue weighted by Gasteiger charge is -2.20. The van der Waals surface area contributed by atoms with E-state index in [-0.39, 0.29) is 5.91 Å². The van der Waals surface area contributed by atoms with Gasteiger partial charge >= 0.3 is 0 Å². The third-order valence-electron chi connectivity index (χ3n) is 4.49. The van der Waals surface area contributed by atoms with Gasteiger partial charge in [-0.15, -0.1) is 0 Å². The van der Waals surface area contributed by atoms with Crippen LogP contribution in [-0.4, -0.2) is 25.7 Å². The molecule has 3 aromatic heterocycles. The molecule has 28 heavy (non-hydrogen) atoms. The van der Waals surface area contributed by atoms with Crippen LogP contribution in [0.2, 0.25) is 0 Å². The molecule has 7 heteroatoms. The summed E-state index contributed by atoms with van der Waals surface area (Å²) in [6.45, 7) is 6.97. The van der Waals surface area contributed by atoms with Crippen LogP contribution < -0.4 is 4.90 Å². The van der Waals surface area contributed by atoms with E-state index in [4.69, 9.17) is 4.98 Å². The first-order valence-corrected chi connectivity index (χ1v) is 9.99. The number of amides is 1. The molecule has 0 N–H and O–H groups in total. The van der Waals surface area contributed by atoms with Gasteiger partial charge < -0.3 is 0 Å². The van der Waals surface area contributed by atoms with Crippen molar-refractivity contribution in [1.29, 1.82) is 0 Å². The number of nitrogens with zero attached hydrogens (tertiary/aromatic N) is 5. The molecule has 1 aromatic carbocycles. The number of hydrogen-bond donors (Lipinski definition) is 0. The molecule has 142 valence electrons. The van der Waals surface area contributed by atoms with Gasteiger partial charge in [0.05, 0.1) is 22.5 Å². The standard InChI is InChI=1S/C21H21N5OS/c1-4-26-18(11-15(3)24-26)20(27)25(13-16-6-5-9-22-12-16)21-23-17-8-7-14(2)10-19(17)28-21/h5-12H,4,13H2,1-3H3. The lowest BCUT2D eigenvalue weighted by Crippen LogP contribution is -2.32. The summed E-state index contributed by atoms with van der Waals surface area (Å²) in [7, 11) is 0. The van der Waals surface area contributed by atoms with Crippen molar-refractivity contribution in [2.75, 3.05) is 4.90 Å². The number of anilines is 1. The molecule has 6 nitrogen and oxygen atoms in total. The Balaban J connectivity index is 1.79. The van der Waals surface area contributed by atoms with Crippen LogP contribution in [0.3, 0.4) is 0 Å². The van der Waals surface area contributed by atoms with E-state index in [1.807, 2.05) is 44.2 Å². The fraction of sp³-hybridized carbons (Fsp3) is 0.238. The predicted molar refractivity (Wildman–Crippen MR) is 112 cm³/mol. The number of aryl methyl sites for hydroxylation is 3. The van der Waals surface area contributed by atoms with Crippen LogP contribution in [0.1, 0.15) is 34.2 Å². The van der Waals surface area contributed by atoms with Crippen molar-refractivity contribution in [3.05, 3.63) is 71.3 Å². The topological polar surface area (TPSA) is 63.9 Å². The average molecular weight is 392 g/mol. The largest absolute Gasteiger partial charge is 0.278 e. The van der Waals surface area contributed by atoms with Gasteiger partial charge in [-0.05, 0) is 56.2 Å². The minimum Gasteiger partial charge on any atom is -0.278 e. The zero-order valence-electron chi connectivity index (χ0n) is 16.1. The average Bonchev–Trinajstić information content (AvgIpc) is 3.29. The predicted octanol–water partition coefficient (Wildman–Crippen LogP) is 4.37. The molecular weight excluding hydrogens is 370 g/mol. The van der Waals surface area contributed by atoms with Gasteiger partial charge in [0.15, 0.2) is 5.13 Å². The molecule has 0 fully saturated rings. The summed E-state index contributed by atoms with van der Waals surface area (Å²) in [6.07, 6.45) is 3.51. The zero-order chi connectivity index (χ0) is 19.7. The lowest BCUT2D eigenvalue weighted by atomic mass is 10.2. The lowest BCUT2D eigenvalue weighted by molar-refractivity contribution is 0.0975. The van der Waals surface area contributed by atoms with Crippen molar-refractivity contribution < 1.29 is 4.79 Å². The fourth-order valence-electron chi connectivity index (χ4n) is 3.13. The summed E-state index contributed by atoms with van der Waals surface area (Å²) in [5.74, 6) is -0.109. The number of aromatic nitrogens is 4. The first-order valence-electron chi connectivity index (χ1n) is 9.17. The van der Waals surface area contributed by atoms with Gasteiger partial charge in [-0.2, -0.15) is 5.10 Å². The number of fused-ring (bicyclic) bond motifs is 1. The minimum absolute atomic E-state index is 0.109. The van der Waals surface area contributed by atoms with E-state index in [2.05, 4.69) is 23.1 Å². The van der Waals surface area contributed by atoms with Gasteiger partial charge in [0.25, 0.3) is 5.91 Å². The number of benzene rings is 1. The second-order valence-electron chi connectivity index (χ2n) is 6.71. The first kappa shape index (κ1) is 18.3. The Morgan fingerprint density at radius 3 is 2.82 bits per heavy atom. The number of rotatable bonds is 5. The van der Waals surface area contributed by atoms with Gasteiger partial charge in [-0.1, -0.05) is 23.5 Å². The van der Waals surface area contributed by atoms with Crippen LogP contribution in [0, 0.1) is 13.8 Å². The number of thiazole rings is 1. The van der Waals surface area contributed by atoms with Crippen molar-refractivity contribution in [1.82, 2.24) is 19.7 Å². The van der Waals surface area contributed by atoms with E-state index >= 15 is 0 Å². The Morgan fingerprint density at radius 1 is 1.21 bits per heavy atom. The summed E-state index contributed by atoms with van der Waals surface area (Å²) < 4.78 is 2.81. The van der Waals surface area contributed by atoms with Crippen molar-refractivity contribution in [2.45, 2.75) is 33.9 Å². The van der Waals surface area contributed by atoms with E-state index in [1.54, 1.807) is 22.0 Å². The molecule has 3 heterocycles. The number of carbonyl (C=O) groups excluding carboxylic acids is 1. The molecule has 4 aromatic rings. The van der Waals surface area contributed by atoms with Gasteiger partial charge in [0.2, 0.25) is 0 Å². The van der Waals surface area contributed by atoms with Gasteiger partial charge in [0, 0.05) is 18.9 Å². The minimum atomic E-state index is -0.109. The number of carbonyl (C=O) groups is 1. The molecule has 1 amide bonds. The Labute approximate surface area is 167 Å². The highest BCUT2D eigenvalue weighted by Crippen LogP contribution is 2.31. The monoisotopic (exact) mass is 391 g/mol. The van der Waals surface area contributed by atoms with Crippen molar-refractivity contribution in [2.24, 2.45) is 0 Å². The molecule has 0 unspecified atom stereocenters. The molecule has 0 spiro atoms. The van der Waals surface area contributed by atoms with E-state index in [1.165, 1.54) is 16.9 Å². The molecular formula is C21H21N5OS. The summed E-state index contributed by atoms with van der Waals surface area (Å²) >= 11 is 1.53. The van der Waals surface area contributed by atoms with Crippen LogP contribution in [0.4, 0.5) is 5.13 Å². The highest BCUT2D eigenvalue weighted by molar-refractivity contribution is 7.22. The second-order valence-corrected chi connectivity index (χ2v) is 7.72. The summed E-state index contributed by atoms with van der Waals surface area (Å²) in [5.41, 5.74) is 4.42. The number of pyridine rings is 1. The van der Waals surface area contributed by atoms with Crippen LogP contribution in [0.5, 0.6) is 0 Å². The van der Waals surface area contributed by atoms with Gasteiger partial charge in [-0.3, -0.25) is 19.4 Å². The third kappa shape index (κ3) is 3.53. The van der Waals surface area contributed by atoms with Crippen molar-refractivity contribution in [3.63, 3.8) is 0 Å². The molecule has 0 radical (unpaired) electrons. The van der Waals surface area contributed by atoms with E-state index in [0.717, 1.165) is 21.5 Å². The summed E-state index contributed by atoms with van der Waals surface area (Å²) in [5, 5.41) is 5.10. The normalized spacial score (nSPS) is 11.1. The summed E-state index contributed by atoms with van der Waals surface area (Å²) in [4.78, 5) is 24.1.